The summed E-state index contributed by atoms with van der Waals surface area (Å²) < 4.78 is 6.68. The normalized spacial score (nSPS) is 15.2. The molecule has 30 heavy (non-hydrogen) atoms. The number of ether oxygens (including phenoxy) is 1. The Morgan fingerprint density at radius 2 is 1.73 bits per heavy atom. The Balaban J connectivity index is 1.35. The number of hydrogen-bond acceptors (Lipinski definition) is 3. The van der Waals surface area contributed by atoms with Gasteiger partial charge in [0.15, 0.2) is 0 Å². The third-order valence-corrected chi connectivity index (χ3v) is 5.53. The quantitative estimate of drug-likeness (QED) is 0.572. The van der Waals surface area contributed by atoms with Gasteiger partial charge in [0.1, 0.15) is 6.10 Å². The van der Waals surface area contributed by atoms with E-state index >= 15 is 0 Å². The van der Waals surface area contributed by atoms with E-state index in [-0.39, 0.29) is 17.9 Å². The van der Waals surface area contributed by atoms with Gasteiger partial charge in [-0.25, -0.2) is 0 Å². The fourth-order valence-corrected chi connectivity index (χ4v) is 3.87. The SMILES string of the molecule is O=C(NC[C@H]1OCCc2ccccc21)c1ccc(NC(=O)c2cccc(Br)c2)cc1. The number of benzene rings is 3. The first-order valence-corrected chi connectivity index (χ1v) is 10.5. The maximum absolute atomic E-state index is 12.5. The molecule has 4 rings (SSSR count). The van der Waals surface area contributed by atoms with E-state index in [1.165, 1.54) is 5.56 Å². The Kier molecular flexibility index (Phi) is 6.26. The van der Waals surface area contributed by atoms with Crippen molar-refractivity contribution < 1.29 is 14.3 Å². The Bertz CT molecular complexity index is 1070. The molecule has 0 unspecified atom stereocenters. The Labute approximate surface area is 183 Å². The van der Waals surface area contributed by atoms with Gasteiger partial charge in [-0.2, -0.15) is 0 Å². The highest BCUT2D eigenvalue weighted by molar-refractivity contribution is 9.10. The summed E-state index contributed by atoms with van der Waals surface area (Å²) in [5.74, 6) is -0.381. The molecule has 5 nitrogen and oxygen atoms in total. The zero-order valence-electron chi connectivity index (χ0n) is 16.2. The third-order valence-electron chi connectivity index (χ3n) is 5.03. The molecule has 3 aromatic carbocycles. The number of fused-ring (bicyclic) bond motifs is 1. The predicted molar refractivity (Wildman–Crippen MR) is 120 cm³/mol. The zero-order valence-corrected chi connectivity index (χ0v) is 17.8. The van der Waals surface area contributed by atoms with Crippen molar-refractivity contribution >= 4 is 33.4 Å². The van der Waals surface area contributed by atoms with Crippen molar-refractivity contribution in [2.75, 3.05) is 18.5 Å². The summed E-state index contributed by atoms with van der Waals surface area (Å²) in [6, 6.07) is 22.2. The molecule has 3 aromatic rings. The molecule has 6 heteroatoms. The average molecular weight is 465 g/mol. The number of nitrogens with one attached hydrogen (secondary N) is 2. The fraction of sp³-hybridized carbons (Fsp3) is 0.167. The molecule has 0 bridgehead atoms. The smallest absolute Gasteiger partial charge is 0.255 e. The van der Waals surface area contributed by atoms with Gasteiger partial charge in [0.2, 0.25) is 0 Å². The molecule has 152 valence electrons. The third kappa shape index (κ3) is 4.78. The zero-order chi connectivity index (χ0) is 20.9. The lowest BCUT2D eigenvalue weighted by Crippen LogP contribution is -2.31. The lowest BCUT2D eigenvalue weighted by atomic mass is 9.97. The molecule has 2 N–H and O–H groups in total. The number of amides is 2. The van der Waals surface area contributed by atoms with Crippen LogP contribution in [0.25, 0.3) is 0 Å². The van der Waals surface area contributed by atoms with E-state index in [1.54, 1.807) is 42.5 Å². The molecule has 0 saturated carbocycles. The van der Waals surface area contributed by atoms with Crippen LogP contribution in [0, 0.1) is 0 Å². The number of hydrogen-bond donors (Lipinski definition) is 2. The second kappa shape index (κ2) is 9.24. The van der Waals surface area contributed by atoms with Crippen LogP contribution >= 0.6 is 15.9 Å². The number of carbonyl (C=O) groups is 2. The molecule has 0 saturated heterocycles. The van der Waals surface area contributed by atoms with Crippen LogP contribution < -0.4 is 10.6 Å². The lowest BCUT2D eigenvalue weighted by Gasteiger charge is -2.26. The molecular formula is C24H21BrN2O3. The van der Waals surface area contributed by atoms with Crippen LogP contribution in [0.4, 0.5) is 5.69 Å². The van der Waals surface area contributed by atoms with Gasteiger partial charge >= 0.3 is 0 Å². The number of anilines is 1. The summed E-state index contributed by atoms with van der Waals surface area (Å²) in [6.45, 7) is 1.07. The Hall–Kier alpha value is -2.96. The average Bonchev–Trinajstić information content (AvgIpc) is 2.78. The summed E-state index contributed by atoms with van der Waals surface area (Å²) in [5, 5.41) is 5.78. The van der Waals surface area contributed by atoms with E-state index in [0.29, 0.717) is 30.0 Å². The minimum atomic E-state index is -0.207. The Morgan fingerprint density at radius 3 is 2.53 bits per heavy atom. The van der Waals surface area contributed by atoms with Crippen LogP contribution in [0.3, 0.4) is 0 Å². The molecule has 1 aliphatic heterocycles. The van der Waals surface area contributed by atoms with Crippen LogP contribution in [0.1, 0.15) is 37.9 Å². The largest absolute Gasteiger partial charge is 0.371 e. The predicted octanol–water partition coefficient (Wildman–Crippen LogP) is 4.75. The van der Waals surface area contributed by atoms with Crippen molar-refractivity contribution in [2.24, 2.45) is 0 Å². The first-order valence-electron chi connectivity index (χ1n) is 9.75. The summed E-state index contributed by atoms with van der Waals surface area (Å²) >= 11 is 3.36. The van der Waals surface area contributed by atoms with Gasteiger partial charge in [0.25, 0.3) is 11.8 Å². The van der Waals surface area contributed by atoms with Crippen LogP contribution in [-0.4, -0.2) is 25.0 Å². The first-order chi connectivity index (χ1) is 14.6. The number of rotatable bonds is 5. The topological polar surface area (TPSA) is 67.4 Å². The maximum atomic E-state index is 12.5. The number of carbonyl (C=O) groups excluding carboxylic acids is 2. The van der Waals surface area contributed by atoms with Gasteiger partial charge in [-0.15, -0.1) is 0 Å². The highest BCUT2D eigenvalue weighted by Gasteiger charge is 2.21. The molecule has 2 amide bonds. The summed E-state index contributed by atoms with van der Waals surface area (Å²) in [4.78, 5) is 24.9. The summed E-state index contributed by atoms with van der Waals surface area (Å²) in [6.07, 6.45) is 0.760. The second-order valence-electron chi connectivity index (χ2n) is 7.06. The summed E-state index contributed by atoms with van der Waals surface area (Å²) in [7, 11) is 0. The minimum absolute atomic E-state index is 0.136. The van der Waals surface area contributed by atoms with E-state index in [9.17, 15) is 9.59 Å². The van der Waals surface area contributed by atoms with Crippen molar-refractivity contribution in [3.63, 3.8) is 0 Å². The maximum Gasteiger partial charge on any atom is 0.255 e. The van der Waals surface area contributed by atoms with Crippen LogP contribution in [0.15, 0.2) is 77.3 Å². The van der Waals surface area contributed by atoms with Gasteiger partial charge < -0.3 is 15.4 Å². The second-order valence-corrected chi connectivity index (χ2v) is 7.98. The fourth-order valence-electron chi connectivity index (χ4n) is 3.47. The van der Waals surface area contributed by atoms with Gasteiger partial charge in [0.05, 0.1) is 6.61 Å². The highest BCUT2D eigenvalue weighted by atomic mass is 79.9. The van der Waals surface area contributed by atoms with Crippen LogP contribution in [0.5, 0.6) is 0 Å². The van der Waals surface area contributed by atoms with Gasteiger partial charge in [-0.05, 0) is 60.0 Å². The first kappa shape index (κ1) is 20.3. The van der Waals surface area contributed by atoms with E-state index < -0.39 is 0 Å². The van der Waals surface area contributed by atoms with Crippen molar-refractivity contribution in [2.45, 2.75) is 12.5 Å². The molecular weight excluding hydrogens is 444 g/mol. The molecule has 0 radical (unpaired) electrons. The molecule has 0 fully saturated rings. The summed E-state index contributed by atoms with van der Waals surface area (Å²) in [5.41, 5.74) is 4.11. The van der Waals surface area contributed by atoms with Crippen molar-refractivity contribution in [3.8, 4) is 0 Å². The van der Waals surface area contributed by atoms with E-state index in [4.69, 9.17) is 4.74 Å². The standard InChI is InChI=1S/C24H21BrN2O3/c25-19-6-3-5-18(14-19)24(29)27-20-10-8-17(9-11-20)23(28)26-15-22-21-7-2-1-4-16(21)12-13-30-22/h1-11,14,22H,12-13,15H2,(H,26,28)(H,27,29)/t22-/m1/s1. The van der Waals surface area contributed by atoms with Crippen LogP contribution in [-0.2, 0) is 11.2 Å². The molecule has 1 heterocycles. The Morgan fingerprint density at radius 1 is 0.933 bits per heavy atom. The van der Waals surface area contributed by atoms with Gasteiger partial charge in [-0.1, -0.05) is 46.3 Å². The van der Waals surface area contributed by atoms with Crippen molar-refractivity contribution in [1.82, 2.24) is 5.32 Å². The van der Waals surface area contributed by atoms with E-state index in [1.807, 2.05) is 24.3 Å². The molecule has 0 aliphatic carbocycles. The van der Waals surface area contributed by atoms with Crippen molar-refractivity contribution in [1.29, 1.82) is 0 Å². The van der Waals surface area contributed by atoms with Crippen LogP contribution in [0.2, 0.25) is 0 Å². The van der Waals surface area contributed by atoms with E-state index in [0.717, 1.165) is 16.5 Å². The number of halogens is 1. The molecule has 1 aliphatic rings. The van der Waals surface area contributed by atoms with Crippen molar-refractivity contribution in [3.05, 3.63) is 99.5 Å². The minimum Gasteiger partial charge on any atom is -0.371 e. The highest BCUT2D eigenvalue weighted by Crippen LogP contribution is 2.26. The monoisotopic (exact) mass is 464 g/mol. The molecule has 1 atom stereocenters. The van der Waals surface area contributed by atoms with E-state index in [2.05, 4.69) is 32.6 Å². The molecule has 0 spiro atoms. The van der Waals surface area contributed by atoms with Gasteiger partial charge in [-0.3, -0.25) is 9.59 Å². The van der Waals surface area contributed by atoms with Gasteiger partial charge in [0, 0.05) is 27.8 Å². The lowest BCUT2D eigenvalue weighted by molar-refractivity contribution is 0.0411. The molecule has 0 aromatic heterocycles.